The average Bonchev–Trinajstić information content (AvgIpc) is 2.88. The van der Waals surface area contributed by atoms with Crippen molar-refractivity contribution in [2.75, 3.05) is 6.61 Å². The topological polar surface area (TPSA) is 64.4 Å². The highest BCUT2D eigenvalue weighted by Crippen LogP contribution is 2.29. The second-order valence-electron chi connectivity index (χ2n) is 5.21. The summed E-state index contributed by atoms with van der Waals surface area (Å²) in [6.45, 7) is 6.00. The van der Waals surface area contributed by atoms with Crippen molar-refractivity contribution in [2.24, 2.45) is 5.10 Å². The maximum absolute atomic E-state index is 12.9. The third kappa shape index (κ3) is 4.81. The molecular weight excluding hydrogens is 357 g/mol. The van der Waals surface area contributed by atoms with E-state index < -0.39 is 12.0 Å². The summed E-state index contributed by atoms with van der Waals surface area (Å²) in [5, 5.41) is 9.01. The quantitative estimate of drug-likeness (QED) is 0.613. The van der Waals surface area contributed by atoms with Crippen LogP contribution >= 0.6 is 12.2 Å². The van der Waals surface area contributed by atoms with Crippen molar-refractivity contribution in [1.29, 1.82) is 0 Å². The minimum Gasteiger partial charge on any atom is -0.490 e. The largest absolute Gasteiger partial charge is 0.490 e. The first-order chi connectivity index (χ1) is 11.7. The fraction of sp³-hybridized carbons (Fsp3) is 0.400. The third-order valence-corrected chi connectivity index (χ3v) is 3.12. The molecule has 0 bridgehead atoms. The zero-order chi connectivity index (χ0) is 18.6. The molecule has 0 amide bonds. The number of hydrogen-bond acceptors (Lipinski definition) is 5. The van der Waals surface area contributed by atoms with Crippen LogP contribution in [0.1, 0.15) is 32.2 Å². The van der Waals surface area contributed by atoms with Gasteiger partial charge < -0.3 is 9.47 Å². The molecule has 10 heteroatoms. The molecule has 136 valence electrons. The Balaban J connectivity index is 2.35. The number of halogens is 3. The molecule has 0 spiro atoms. The van der Waals surface area contributed by atoms with Crippen LogP contribution < -0.4 is 9.47 Å². The maximum atomic E-state index is 12.9. The van der Waals surface area contributed by atoms with E-state index in [1.807, 2.05) is 20.8 Å². The molecule has 25 heavy (non-hydrogen) atoms. The standard InChI is InChI=1S/C15H17F3N4O2S/c1-4-23-12-7-10(5-6-11(12)24-9(2)3)8-19-22-13(15(16,17)18)20-21-14(22)25/h5-9H,4H2,1-3H3,(H,21,25)/b19-8-. The van der Waals surface area contributed by atoms with Crippen LogP contribution in [0.15, 0.2) is 23.3 Å². The number of nitrogens with one attached hydrogen (secondary N) is 1. The molecule has 1 N–H and O–H groups in total. The van der Waals surface area contributed by atoms with E-state index in [1.165, 1.54) is 6.21 Å². The van der Waals surface area contributed by atoms with Crippen LogP contribution in [0, 0.1) is 4.77 Å². The van der Waals surface area contributed by atoms with E-state index in [0.29, 0.717) is 28.3 Å². The van der Waals surface area contributed by atoms with Gasteiger partial charge in [-0.3, -0.25) is 0 Å². The van der Waals surface area contributed by atoms with Crippen molar-refractivity contribution in [3.63, 3.8) is 0 Å². The summed E-state index contributed by atoms with van der Waals surface area (Å²) in [6, 6.07) is 4.95. The highest BCUT2D eigenvalue weighted by Gasteiger charge is 2.37. The molecule has 0 saturated carbocycles. The van der Waals surface area contributed by atoms with Crippen molar-refractivity contribution in [2.45, 2.75) is 33.1 Å². The Labute approximate surface area is 147 Å². The normalized spacial score (nSPS) is 12.1. The van der Waals surface area contributed by atoms with Gasteiger partial charge in [0, 0.05) is 0 Å². The first-order valence-electron chi connectivity index (χ1n) is 7.44. The zero-order valence-corrected chi connectivity index (χ0v) is 14.6. The molecule has 1 heterocycles. The SMILES string of the molecule is CCOc1cc(/C=N\n2c(C(F)(F)F)n[nH]c2=S)ccc1OC(C)C. The van der Waals surface area contributed by atoms with Gasteiger partial charge in [-0.25, -0.2) is 5.10 Å². The van der Waals surface area contributed by atoms with Crippen LogP contribution in [0.2, 0.25) is 0 Å². The van der Waals surface area contributed by atoms with Gasteiger partial charge in [-0.1, -0.05) is 0 Å². The van der Waals surface area contributed by atoms with E-state index in [0.717, 1.165) is 0 Å². The van der Waals surface area contributed by atoms with Gasteiger partial charge in [-0.15, -0.1) is 5.10 Å². The minimum absolute atomic E-state index is 0.0441. The molecule has 1 aromatic heterocycles. The number of rotatable bonds is 6. The van der Waals surface area contributed by atoms with Gasteiger partial charge in [0.15, 0.2) is 11.5 Å². The molecule has 1 aromatic carbocycles. The average molecular weight is 374 g/mol. The summed E-state index contributed by atoms with van der Waals surface area (Å²) >= 11 is 4.78. The molecule has 0 aliphatic rings. The van der Waals surface area contributed by atoms with Crippen molar-refractivity contribution in [1.82, 2.24) is 14.9 Å². The second-order valence-corrected chi connectivity index (χ2v) is 5.60. The van der Waals surface area contributed by atoms with Crippen LogP contribution in [0.25, 0.3) is 0 Å². The van der Waals surface area contributed by atoms with Gasteiger partial charge in [-0.2, -0.15) is 22.9 Å². The molecule has 0 saturated heterocycles. The lowest BCUT2D eigenvalue weighted by Gasteiger charge is -2.14. The number of H-pyrrole nitrogens is 1. The Morgan fingerprint density at radius 1 is 1.36 bits per heavy atom. The Bertz CT molecular complexity index is 812. The molecule has 0 aliphatic heterocycles. The van der Waals surface area contributed by atoms with Crippen molar-refractivity contribution >= 4 is 18.4 Å². The number of aromatic nitrogens is 3. The lowest BCUT2D eigenvalue weighted by atomic mass is 10.2. The van der Waals surface area contributed by atoms with Crippen molar-refractivity contribution < 1.29 is 22.6 Å². The molecule has 2 rings (SSSR count). The molecule has 2 aromatic rings. The Hall–Kier alpha value is -2.36. The van der Waals surface area contributed by atoms with Crippen molar-refractivity contribution in [3.8, 4) is 11.5 Å². The molecule has 0 radical (unpaired) electrons. The highest BCUT2D eigenvalue weighted by molar-refractivity contribution is 7.71. The summed E-state index contributed by atoms with van der Waals surface area (Å²) in [6.07, 6.45) is -3.48. The van der Waals surface area contributed by atoms with Crippen LogP contribution in [0.3, 0.4) is 0 Å². The van der Waals surface area contributed by atoms with Gasteiger partial charge in [0.2, 0.25) is 4.77 Å². The first-order valence-corrected chi connectivity index (χ1v) is 7.85. The number of alkyl halides is 3. The van der Waals surface area contributed by atoms with E-state index in [-0.39, 0.29) is 10.9 Å². The van der Waals surface area contributed by atoms with E-state index in [4.69, 9.17) is 21.7 Å². The molecule has 0 fully saturated rings. The molecule has 0 aliphatic carbocycles. The monoisotopic (exact) mass is 374 g/mol. The number of ether oxygens (including phenoxy) is 2. The lowest BCUT2D eigenvalue weighted by Crippen LogP contribution is -2.12. The first kappa shape index (κ1) is 19.0. The molecule has 0 atom stereocenters. The van der Waals surface area contributed by atoms with Crippen LogP contribution in [0.5, 0.6) is 11.5 Å². The van der Waals surface area contributed by atoms with Gasteiger partial charge in [0.1, 0.15) is 0 Å². The zero-order valence-electron chi connectivity index (χ0n) is 13.8. The van der Waals surface area contributed by atoms with E-state index in [1.54, 1.807) is 18.2 Å². The Morgan fingerprint density at radius 2 is 2.08 bits per heavy atom. The van der Waals surface area contributed by atoms with E-state index in [9.17, 15) is 13.2 Å². The maximum Gasteiger partial charge on any atom is 0.453 e. The summed E-state index contributed by atoms with van der Waals surface area (Å²) in [7, 11) is 0. The number of hydrogen-bond donors (Lipinski definition) is 1. The predicted molar refractivity (Wildman–Crippen MR) is 88.8 cm³/mol. The number of nitrogens with zero attached hydrogens (tertiary/aromatic N) is 3. The van der Waals surface area contributed by atoms with E-state index >= 15 is 0 Å². The lowest BCUT2D eigenvalue weighted by molar-refractivity contribution is -0.147. The summed E-state index contributed by atoms with van der Waals surface area (Å²) in [4.78, 5) is 0. The summed E-state index contributed by atoms with van der Waals surface area (Å²) in [5.41, 5.74) is 0.524. The fourth-order valence-corrected chi connectivity index (χ4v) is 2.11. The highest BCUT2D eigenvalue weighted by atomic mass is 32.1. The van der Waals surface area contributed by atoms with Gasteiger partial charge in [0.05, 0.1) is 18.9 Å². The Morgan fingerprint density at radius 3 is 2.68 bits per heavy atom. The second kappa shape index (κ2) is 7.68. The smallest absolute Gasteiger partial charge is 0.453 e. The number of aromatic amines is 1. The van der Waals surface area contributed by atoms with Crippen LogP contribution in [-0.4, -0.2) is 33.8 Å². The Kier molecular flexibility index (Phi) is 5.83. The summed E-state index contributed by atoms with van der Waals surface area (Å²) in [5.74, 6) is -0.199. The van der Waals surface area contributed by atoms with Gasteiger partial charge in [-0.05, 0) is 56.8 Å². The van der Waals surface area contributed by atoms with Gasteiger partial charge in [0.25, 0.3) is 5.82 Å². The molecular formula is C15H17F3N4O2S. The van der Waals surface area contributed by atoms with E-state index in [2.05, 4.69) is 15.3 Å². The third-order valence-electron chi connectivity index (χ3n) is 2.86. The summed E-state index contributed by atoms with van der Waals surface area (Å²) < 4.78 is 50.0. The molecule has 0 unspecified atom stereocenters. The fourth-order valence-electron chi connectivity index (χ4n) is 1.93. The minimum atomic E-state index is -4.67. The number of benzene rings is 1. The van der Waals surface area contributed by atoms with Crippen LogP contribution in [0.4, 0.5) is 13.2 Å². The van der Waals surface area contributed by atoms with Crippen LogP contribution in [-0.2, 0) is 6.18 Å². The van der Waals surface area contributed by atoms with Gasteiger partial charge >= 0.3 is 6.18 Å². The van der Waals surface area contributed by atoms with Crippen molar-refractivity contribution in [3.05, 3.63) is 34.4 Å². The predicted octanol–water partition coefficient (Wildman–Crippen LogP) is 4.03. The molecule has 6 nitrogen and oxygen atoms in total.